The van der Waals surface area contributed by atoms with E-state index >= 15 is 0 Å². The number of rotatable bonds is 3. The Morgan fingerprint density at radius 3 is 2.78 bits per heavy atom. The zero-order chi connectivity index (χ0) is 13.3. The van der Waals surface area contributed by atoms with Crippen molar-refractivity contribution in [3.8, 4) is 0 Å². The highest BCUT2D eigenvalue weighted by Gasteiger charge is 2.37. The number of nitro groups is 1. The molecule has 0 bridgehead atoms. The predicted octanol–water partition coefficient (Wildman–Crippen LogP) is 1.22. The van der Waals surface area contributed by atoms with Crippen molar-refractivity contribution in [1.82, 2.24) is 0 Å². The van der Waals surface area contributed by atoms with Crippen molar-refractivity contribution in [2.45, 2.75) is 12.3 Å². The van der Waals surface area contributed by atoms with Crippen LogP contribution in [0.15, 0.2) is 29.4 Å². The lowest BCUT2D eigenvalue weighted by Gasteiger charge is -2.08. The fourth-order valence-electron chi connectivity index (χ4n) is 1.51. The zero-order valence-corrected chi connectivity index (χ0v) is 9.86. The average Bonchev–Trinajstić information content (AvgIpc) is 2.78. The van der Waals surface area contributed by atoms with E-state index in [-0.39, 0.29) is 17.8 Å². The summed E-state index contributed by atoms with van der Waals surface area (Å²) >= 11 is 0. The largest absolute Gasteiger partial charge is 0.379 e. The SMILES string of the molecule is O=[N+]([O-])c1cccc(C2=NOC(P(=O)(O)O)C2)c1. The minimum absolute atomic E-state index is 0.0779. The van der Waals surface area contributed by atoms with Crippen molar-refractivity contribution in [3.05, 3.63) is 39.9 Å². The molecule has 1 aliphatic heterocycles. The van der Waals surface area contributed by atoms with Crippen molar-refractivity contribution < 1.29 is 24.1 Å². The van der Waals surface area contributed by atoms with E-state index in [1.807, 2.05) is 0 Å². The Hall–Kier alpha value is -1.76. The molecule has 2 rings (SSSR count). The quantitative estimate of drug-likeness (QED) is 0.484. The maximum atomic E-state index is 11.0. The van der Waals surface area contributed by atoms with Gasteiger partial charge < -0.3 is 14.6 Å². The summed E-state index contributed by atoms with van der Waals surface area (Å²) in [5.41, 5.74) is 0.585. The first-order valence-corrected chi connectivity index (χ1v) is 6.59. The van der Waals surface area contributed by atoms with E-state index in [4.69, 9.17) is 9.79 Å². The molecule has 0 amide bonds. The van der Waals surface area contributed by atoms with Gasteiger partial charge in [0.15, 0.2) is 0 Å². The van der Waals surface area contributed by atoms with Crippen LogP contribution >= 0.6 is 7.60 Å². The van der Waals surface area contributed by atoms with Crippen LogP contribution in [0.5, 0.6) is 0 Å². The molecule has 1 atom stereocenters. The second-order valence-electron chi connectivity index (χ2n) is 3.70. The van der Waals surface area contributed by atoms with E-state index in [1.165, 1.54) is 18.2 Å². The average molecular weight is 272 g/mol. The van der Waals surface area contributed by atoms with Crippen molar-refractivity contribution in [3.63, 3.8) is 0 Å². The van der Waals surface area contributed by atoms with Gasteiger partial charge in [0.05, 0.1) is 10.6 Å². The molecule has 1 aromatic carbocycles. The van der Waals surface area contributed by atoms with Crippen LogP contribution in [0.2, 0.25) is 0 Å². The number of benzene rings is 1. The lowest BCUT2D eigenvalue weighted by molar-refractivity contribution is -0.384. The Labute approximate surface area is 101 Å². The Balaban J connectivity index is 2.22. The van der Waals surface area contributed by atoms with Crippen LogP contribution in [0, 0.1) is 10.1 Å². The first-order valence-electron chi connectivity index (χ1n) is 4.90. The first kappa shape index (κ1) is 12.7. The van der Waals surface area contributed by atoms with Crippen molar-refractivity contribution >= 4 is 19.0 Å². The van der Waals surface area contributed by atoms with Gasteiger partial charge in [-0.25, -0.2) is 0 Å². The van der Waals surface area contributed by atoms with Crippen LogP contribution in [0.1, 0.15) is 12.0 Å². The number of non-ortho nitro benzene ring substituents is 1. The molecular formula is C9H9N2O6P. The lowest BCUT2D eigenvalue weighted by Crippen LogP contribution is -2.08. The van der Waals surface area contributed by atoms with Gasteiger partial charge in [-0.05, 0) is 0 Å². The van der Waals surface area contributed by atoms with Gasteiger partial charge in [0.25, 0.3) is 5.69 Å². The third-order valence-corrected chi connectivity index (χ3v) is 3.45. The van der Waals surface area contributed by atoms with Gasteiger partial charge in [-0.2, -0.15) is 0 Å². The second-order valence-corrected chi connectivity index (χ2v) is 5.45. The molecule has 96 valence electrons. The topological polar surface area (TPSA) is 122 Å². The van der Waals surface area contributed by atoms with Crippen molar-refractivity contribution in [1.29, 1.82) is 0 Å². The summed E-state index contributed by atoms with van der Waals surface area (Å²) in [7, 11) is -4.37. The summed E-state index contributed by atoms with van der Waals surface area (Å²) < 4.78 is 11.0. The third kappa shape index (κ3) is 2.56. The van der Waals surface area contributed by atoms with Gasteiger partial charge in [0.1, 0.15) is 0 Å². The maximum Gasteiger partial charge on any atom is 0.368 e. The maximum absolute atomic E-state index is 11.0. The highest BCUT2D eigenvalue weighted by atomic mass is 31.2. The smallest absolute Gasteiger partial charge is 0.368 e. The minimum atomic E-state index is -4.37. The third-order valence-electron chi connectivity index (χ3n) is 2.42. The van der Waals surface area contributed by atoms with Gasteiger partial charge in [-0.1, -0.05) is 17.3 Å². The van der Waals surface area contributed by atoms with Gasteiger partial charge in [0, 0.05) is 24.1 Å². The Morgan fingerprint density at radius 1 is 1.50 bits per heavy atom. The molecule has 0 aliphatic carbocycles. The molecule has 1 unspecified atom stereocenters. The highest BCUT2D eigenvalue weighted by Crippen LogP contribution is 2.46. The molecule has 0 saturated carbocycles. The van der Waals surface area contributed by atoms with E-state index in [0.717, 1.165) is 0 Å². The van der Waals surface area contributed by atoms with E-state index in [9.17, 15) is 14.7 Å². The number of hydrogen-bond acceptors (Lipinski definition) is 5. The van der Waals surface area contributed by atoms with E-state index < -0.39 is 18.4 Å². The van der Waals surface area contributed by atoms with Crippen LogP contribution in [0.3, 0.4) is 0 Å². The van der Waals surface area contributed by atoms with E-state index in [2.05, 4.69) is 9.99 Å². The fraction of sp³-hybridized carbons (Fsp3) is 0.222. The molecule has 18 heavy (non-hydrogen) atoms. The fourth-order valence-corrected chi connectivity index (χ4v) is 2.09. The van der Waals surface area contributed by atoms with Crippen LogP contribution in [0.4, 0.5) is 5.69 Å². The predicted molar refractivity (Wildman–Crippen MR) is 61.2 cm³/mol. The number of nitrogens with zero attached hydrogens (tertiary/aromatic N) is 2. The second kappa shape index (κ2) is 4.49. The summed E-state index contributed by atoms with van der Waals surface area (Å²) in [6.45, 7) is 0. The number of nitro benzene ring substituents is 1. The summed E-state index contributed by atoms with van der Waals surface area (Å²) in [5.74, 6) is -1.31. The summed E-state index contributed by atoms with van der Waals surface area (Å²) in [6.07, 6.45) is -0.0779. The summed E-state index contributed by atoms with van der Waals surface area (Å²) in [5, 5.41) is 14.2. The molecule has 8 nitrogen and oxygen atoms in total. The number of oxime groups is 1. The molecular weight excluding hydrogens is 263 g/mol. The standard InChI is InChI=1S/C9H9N2O6P/c12-11(13)7-3-1-2-6(4-7)8-5-9(17-10-8)18(14,15)16/h1-4,9H,5H2,(H2,14,15,16). The Morgan fingerprint density at radius 2 is 2.22 bits per heavy atom. The normalized spacial score (nSPS) is 19.2. The molecule has 0 fully saturated rings. The highest BCUT2D eigenvalue weighted by molar-refractivity contribution is 7.52. The Kier molecular flexibility index (Phi) is 3.16. The van der Waals surface area contributed by atoms with Crippen molar-refractivity contribution in [2.24, 2.45) is 5.16 Å². The van der Waals surface area contributed by atoms with Gasteiger partial charge >= 0.3 is 7.60 Å². The first-order chi connectivity index (χ1) is 8.38. The van der Waals surface area contributed by atoms with E-state index in [1.54, 1.807) is 6.07 Å². The number of hydrogen-bond donors (Lipinski definition) is 2. The summed E-state index contributed by atoms with van der Waals surface area (Å²) in [4.78, 5) is 32.5. The molecule has 0 aromatic heterocycles. The van der Waals surface area contributed by atoms with Crippen LogP contribution < -0.4 is 0 Å². The van der Waals surface area contributed by atoms with Gasteiger partial charge in [0.2, 0.25) is 5.85 Å². The molecule has 2 N–H and O–H groups in total. The van der Waals surface area contributed by atoms with Crippen LogP contribution in [-0.4, -0.2) is 26.3 Å². The van der Waals surface area contributed by atoms with Gasteiger partial charge in [-0.3, -0.25) is 14.7 Å². The van der Waals surface area contributed by atoms with E-state index in [0.29, 0.717) is 5.56 Å². The molecule has 0 spiro atoms. The van der Waals surface area contributed by atoms with Crippen LogP contribution in [0.25, 0.3) is 0 Å². The Bertz CT molecular complexity index is 566. The molecule has 0 radical (unpaired) electrons. The van der Waals surface area contributed by atoms with Crippen molar-refractivity contribution in [2.75, 3.05) is 0 Å². The minimum Gasteiger partial charge on any atom is -0.379 e. The van der Waals surface area contributed by atoms with Crippen LogP contribution in [-0.2, 0) is 9.40 Å². The molecule has 0 saturated heterocycles. The molecule has 1 aliphatic rings. The van der Waals surface area contributed by atoms with Gasteiger partial charge in [-0.15, -0.1) is 0 Å². The zero-order valence-electron chi connectivity index (χ0n) is 8.96. The molecule has 9 heteroatoms. The molecule has 1 heterocycles. The molecule has 1 aromatic rings. The summed E-state index contributed by atoms with van der Waals surface area (Å²) in [6, 6.07) is 5.64. The monoisotopic (exact) mass is 272 g/mol. The lowest BCUT2D eigenvalue weighted by atomic mass is 10.1.